The van der Waals surface area contributed by atoms with Gasteiger partial charge in [0.25, 0.3) is 0 Å². The van der Waals surface area contributed by atoms with Gasteiger partial charge in [0, 0.05) is 42.7 Å². The molecule has 0 spiro atoms. The highest BCUT2D eigenvalue weighted by Gasteiger charge is 2.31. The van der Waals surface area contributed by atoms with Gasteiger partial charge in [-0.1, -0.05) is 12.1 Å². The van der Waals surface area contributed by atoms with Gasteiger partial charge in [-0.3, -0.25) is 4.79 Å². The van der Waals surface area contributed by atoms with Crippen LogP contribution in [0.3, 0.4) is 0 Å². The highest BCUT2D eigenvalue weighted by Crippen LogP contribution is 2.32. The van der Waals surface area contributed by atoms with Crippen LogP contribution in [0.5, 0.6) is 5.75 Å². The second-order valence-corrected chi connectivity index (χ2v) is 6.46. The average Bonchev–Trinajstić information content (AvgIpc) is 2.93. The number of halogens is 3. The van der Waals surface area contributed by atoms with E-state index in [2.05, 4.69) is 16.1 Å². The molecule has 1 N–H and O–H groups in total. The van der Waals surface area contributed by atoms with Crippen molar-refractivity contribution in [2.45, 2.75) is 33.2 Å². The molecule has 150 valence electrons. The summed E-state index contributed by atoms with van der Waals surface area (Å²) in [6.45, 7) is 3.76. The summed E-state index contributed by atoms with van der Waals surface area (Å²) in [6, 6.07) is 13.4. The monoisotopic (exact) mass is 401 g/mol. The van der Waals surface area contributed by atoms with Crippen LogP contribution >= 0.6 is 0 Å². The number of amides is 1. The third-order valence-corrected chi connectivity index (χ3v) is 4.45. The SMILES string of the molecule is CCn1c(Cc2ccc(NC(C)=O)cc2)c(C#N)c2ccc(OC(F)(F)F)cc21. The summed E-state index contributed by atoms with van der Waals surface area (Å²) in [4.78, 5) is 11.1. The maximum Gasteiger partial charge on any atom is 0.573 e. The Kier molecular flexibility index (Phi) is 5.50. The van der Waals surface area contributed by atoms with Gasteiger partial charge in [0.05, 0.1) is 11.1 Å². The smallest absolute Gasteiger partial charge is 0.406 e. The normalized spacial score (nSPS) is 11.3. The van der Waals surface area contributed by atoms with E-state index in [1.807, 2.05) is 23.6 Å². The second kappa shape index (κ2) is 7.87. The molecule has 0 saturated heterocycles. The Morgan fingerprint density at radius 2 is 1.90 bits per heavy atom. The molecule has 0 bridgehead atoms. The summed E-state index contributed by atoms with van der Waals surface area (Å²) in [5, 5.41) is 12.9. The standard InChI is InChI=1S/C21H18F3N3O2/c1-3-27-19(10-14-4-6-15(7-5-14)26-13(2)28)18(12-25)17-9-8-16(11-20(17)27)29-21(22,23)24/h4-9,11H,3,10H2,1-2H3,(H,26,28). The quantitative estimate of drug-likeness (QED) is 0.656. The van der Waals surface area contributed by atoms with Crippen molar-refractivity contribution < 1.29 is 22.7 Å². The van der Waals surface area contributed by atoms with Crippen LogP contribution in [0.25, 0.3) is 10.9 Å². The molecule has 0 atom stereocenters. The summed E-state index contributed by atoms with van der Waals surface area (Å²) in [7, 11) is 0. The lowest BCUT2D eigenvalue weighted by Crippen LogP contribution is -2.17. The molecule has 0 aliphatic rings. The van der Waals surface area contributed by atoms with Gasteiger partial charge in [-0.05, 0) is 36.8 Å². The van der Waals surface area contributed by atoms with Gasteiger partial charge in [0.2, 0.25) is 5.91 Å². The van der Waals surface area contributed by atoms with Crippen LogP contribution < -0.4 is 10.1 Å². The summed E-state index contributed by atoms with van der Waals surface area (Å²) < 4.78 is 43.5. The minimum absolute atomic E-state index is 0.174. The highest BCUT2D eigenvalue weighted by molar-refractivity contribution is 5.90. The molecule has 1 amide bonds. The molecule has 0 fully saturated rings. The van der Waals surface area contributed by atoms with Gasteiger partial charge in [-0.15, -0.1) is 13.2 Å². The Bertz CT molecular complexity index is 1090. The number of carbonyl (C=O) groups excluding carboxylic acids is 1. The van der Waals surface area contributed by atoms with Crippen molar-refractivity contribution in [1.29, 1.82) is 5.26 Å². The number of fused-ring (bicyclic) bond motifs is 1. The molecule has 3 aromatic rings. The molecule has 0 saturated carbocycles. The molecule has 0 unspecified atom stereocenters. The number of nitrogens with one attached hydrogen (secondary N) is 1. The van der Waals surface area contributed by atoms with Crippen molar-refractivity contribution in [1.82, 2.24) is 4.57 Å². The number of rotatable bonds is 5. The van der Waals surface area contributed by atoms with Crippen LogP contribution in [0.15, 0.2) is 42.5 Å². The third kappa shape index (κ3) is 4.51. The molecule has 1 aromatic heterocycles. The number of aryl methyl sites for hydroxylation is 1. The minimum Gasteiger partial charge on any atom is -0.406 e. The first-order valence-corrected chi connectivity index (χ1v) is 8.89. The molecule has 2 aromatic carbocycles. The third-order valence-electron chi connectivity index (χ3n) is 4.45. The van der Waals surface area contributed by atoms with Crippen molar-refractivity contribution in [2.24, 2.45) is 0 Å². The largest absolute Gasteiger partial charge is 0.573 e. The van der Waals surface area contributed by atoms with Crippen LogP contribution in [0.2, 0.25) is 0 Å². The van der Waals surface area contributed by atoms with E-state index in [4.69, 9.17) is 0 Å². The van der Waals surface area contributed by atoms with Gasteiger partial charge in [0.15, 0.2) is 0 Å². The number of alkyl halides is 3. The Balaban J connectivity index is 2.02. The Labute approximate surface area is 165 Å². The van der Waals surface area contributed by atoms with Crippen molar-refractivity contribution in [2.75, 3.05) is 5.32 Å². The van der Waals surface area contributed by atoms with E-state index in [0.29, 0.717) is 40.8 Å². The van der Waals surface area contributed by atoms with Crippen molar-refractivity contribution in [3.63, 3.8) is 0 Å². The van der Waals surface area contributed by atoms with E-state index in [0.717, 1.165) is 5.56 Å². The summed E-state index contributed by atoms with van der Waals surface area (Å²) >= 11 is 0. The van der Waals surface area contributed by atoms with Crippen LogP contribution in [0.1, 0.15) is 30.7 Å². The zero-order chi connectivity index (χ0) is 21.2. The maximum absolute atomic E-state index is 12.6. The highest BCUT2D eigenvalue weighted by atomic mass is 19.4. The Morgan fingerprint density at radius 3 is 2.45 bits per heavy atom. The van der Waals surface area contributed by atoms with Gasteiger partial charge in [-0.25, -0.2) is 0 Å². The first-order valence-electron chi connectivity index (χ1n) is 8.89. The van der Waals surface area contributed by atoms with E-state index in [9.17, 15) is 23.2 Å². The van der Waals surface area contributed by atoms with Crippen molar-refractivity contribution in [3.8, 4) is 11.8 Å². The minimum atomic E-state index is -4.78. The molecule has 0 aliphatic heterocycles. The van der Waals surface area contributed by atoms with E-state index in [1.165, 1.54) is 25.1 Å². The fourth-order valence-corrected chi connectivity index (χ4v) is 3.35. The topological polar surface area (TPSA) is 67.0 Å². The predicted molar refractivity (Wildman–Crippen MR) is 103 cm³/mol. The molecule has 29 heavy (non-hydrogen) atoms. The number of nitriles is 1. The number of carbonyl (C=O) groups is 1. The first kappa shape index (κ1) is 20.3. The molecule has 1 heterocycles. The fourth-order valence-electron chi connectivity index (χ4n) is 3.35. The fraction of sp³-hybridized carbons (Fsp3) is 0.238. The van der Waals surface area contributed by atoms with E-state index >= 15 is 0 Å². The predicted octanol–water partition coefficient (Wildman–Crippen LogP) is 4.98. The number of aromatic nitrogens is 1. The zero-order valence-corrected chi connectivity index (χ0v) is 15.8. The molecular weight excluding hydrogens is 383 g/mol. The lowest BCUT2D eigenvalue weighted by atomic mass is 10.0. The van der Waals surface area contributed by atoms with Crippen LogP contribution in [0.4, 0.5) is 18.9 Å². The van der Waals surface area contributed by atoms with Gasteiger partial charge >= 0.3 is 6.36 Å². The Morgan fingerprint density at radius 1 is 1.21 bits per heavy atom. The van der Waals surface area contributed by atoms with Crippen LogP contribution in [-0.4, -0.2) is 16.8 Å². The summed E-state index contributed by atoms with van der Waals surface area (Å²) in [6.07, 6.45) is -4.37. The number of anilines is 1. The Hall–Kier alpha value is -3.47. The number of hydrogen-bond acceptors (Lipinski definition) is 3. The number of hydrogen-bond donors (Lipinski definition) is 1. The average molecular weight is 401 g/mol. The molecule has 0 radical (unpaired) electrons. The van der Waals surface area contributed by atoms with E-state index in [1.54, 1.807) is 12.1 Å². The van der Waals surface area contributed by atoms with E-state index in [-0.39, 0.29) is 11.7 Å². The molecule has 0 aliphatic carbocycles. The second-order valence-electron chi connectivity index (χ2n) is 6.46. The van der Waals surface area contributed by atoms with Gasteiger partial charge < -0.3 is 14.6 Å². The summed E-state index contributed by atoms with van der Waals surface area (Å²) in [5.74, 6) is -0.500. The molecule has 5 nitrogen and oxygen atoms in total. The van der Waals surface area contributed by atoms with Crippen LogP contribution in [0, 0.1) is 11.3 Å². The molecule has 8 heteroatoms. The number of ether oxygens (including phenoxy) is 1. The molecule has 3 rings (SSSR count). The van der Waals surface area contributed by atoms with Crippen LogP contribution in [-0.2, 0) is 17.8 Å². The van der Waals surface area contributed by atoms with Gasteiger partial charge in [0.1, 0.15) is 11.8 Å². The zero-order valence-electron chi connectivity index (χ0n) is 15.8. The summed E-state index contributed by atoms with van der Waals surface area (Å²) in [5.41, 5.74) is 3.20. The number of benzene rings is 2. The first-order chi connectivity index (χ1) is 13.7. The lowest BCUT2D eigenvalue weighted by molar-refractivity contribution is -0.274. The maximum atomic E-state index is 12.6. The molecular formula is C21H18F3N3O2. The van der Waals surface area contributed by atoms with Crippen molar-refractivity contribution in [3.05, 3.63) is 59.3 Å². The van der Waals surface area contributed by atoms with E-state index < -0.39 is 6.36 Å². The van der Waals surface area contributed by atoms with Crippen molar-refractivity contribution >= 4 is 22.5 Å². The number of nitrogens with zero attached hydrogens (tertiary/aromatic N) is 2. The lowest BCUT2D eigenvalue weighted by Gasteiger charge is -2.11. The van der Waals surface area contributed by atoms with Gasteiger partial charge in [-0.2, -0.15) is 5.26 Å².